The maximum Gasteiger partial charge on any atom is 0.231 e. The quantitative estimate of drug-likeness (QED) is 0.536. The predicted octanol–water partition coefficient (Wildman–Crippen LogP) is 4.73. The molecule has 0 radical (unpaired) electrons. The third kappa shape index (κ3) is 2.38. The van der Waals surface area contributed by atoms with E-state index in [1.165, 1.54) is 12.1 Å². The zero-order valence-electron chi connectivity index (χ0n) is 14.2. The molecule has 4 nitrogen and oxygen atoms in total. The Morgan fingerprint density at radius 3 is 2.81 bits per heavy atom. The van der Waals surface area contributed by atoms with Crippen LogP contribution in [0.25, 0.3) is 10.9 Å². The molecule has 0 saturated carbocycles. The zero-order chi connectivity index (χ0) is 17.7. The van der Waals surface area contributed by atoms with Gasteiger partial charge in [-0.3, -0.25) is 4.79 Å². The van der Waals surface area contributed by atoms with Crippen molar-refractivity contribution in [3.05, 3.63) is 59.0 Å². The smallest absolute Gasteiger partial charge is 0.231 e. The van der Waals surface area contributed by atoms with Crippen LogP contribution in [-0.2, 0) is 6.42 Å². The molecule has 0 saturated heterocycles. The van der Waals surface area contributed by atoms with Gasteiger partial charge in [0.05, 0.1) is 0 Å². The summed E-state index contributed by atoms with van der Waals surface area (Å²) >= 11 is 0. The van der Waals surface area contributed by atoms with Crippen LogP contribution in [0.15, 0.2) is 36.4 Å². The number of ether oxygens (including phenoxy) is 2. The molecule has 1 aliphatic carbocycles. The van der Waals surface area contributed by atoms with Gasteiger partial charge in [0.1, 0.15) is 5.82 Å². The highest BCUT2D eigenvalue weighted by Crippen LogP contribution is 2.43. The molecular formula is C21H18FNO3. The molecule has 26 heavy (non-hydrogen) atoms. The number of nitrogens with one attached hydrogen (secondary N) is 1. The summed E-state index contributed by atoms with van der Waals surface area (Å²) < 4.78 is 24.6. The van der Waals surface area contributed by atoms with E-state index in [-0.39, 0.29) is 24.3 Å². The minimum atomic E-state index is -0.382. The summed E-state index contributed by atoms with van der Waals surface area (Å²) in [5, 5.41) is 1.00. The van der Waals surface area contributed by atoms with Gasteiger partial charge in [0, 0.05) is 34.1 Å². The van der Waals surface area contributed by atoms with Crippen molar-refractivity contribution in [3.8, 4) is 11.5 Å². The zero-order valence-corrected chi connectivity index (χ0v) is 14.2. The number of halogens is 1. The Bertz CT molecular complexity index is 1020. The SMILES string of the molecule is O=C(c1cccc(F)c1)C1CCCCc2[nH]c3cc4c(cc3c21)OCO4. The van der Waals surface area contributed by atoms with Gasteiger partial charge in [0.25, 0.3) is 0 Å². The summed E-state index contributed by atoms with van der Waals surface area (Å²) in [7, 11) is 0. The van der Waals surface area contributed by atoms with Crippen LogP contribution < -0.4 is 9.47 Å². The maximum atomic E-state index is 13.6. The monoisotopic (exact) mass is 351 g/mol. The van der Waals surface area contributed by atoms with E-state index < -0.39 is 0 Å². The van der Waals surface area contributed by atoms with Gasteiger partial charge in [0.15, 0.2) is 17.3 Å². The minimum Gasteiger partial charge on any atom is -0.454 e. The molecule has 132 valence electrons. The van der Waals surface area contributed by atoms with Crippen LogP contribution in [0.5, 0.6) is 11.5 Å². The molecule has 2 aliphatic rings. The Labute approximate surface area is 149 Å². The highest BCUT2D eigenvalue weighted by Gasteiger charge is 2.30. The van der Waals surface area contributed by atoms with Crippen molar-refractivity contribution < 1.29 is 18.7 Å². The number of ketones is 1. The first-order valence-electron chi connectivity index (χ1n) is 8.94. The normalized spacial score (nSPS) is 18.6. The van der Waals surface area contributed by atoms with Crippen molar-refractivity contribution in [1.29, 1.82) is 0 Å². The number of carbonyl (C=O) groups excluding carboxylic acids is 1. The largest absolute Gasteiger partial charge is 0.454 e. The van der Waals surface area contributed by atoms with E-state index in [1.807, 2.05) is 12.1 Å². The van der Waals surface area contributed by atoms with E-state index in [4.69, 9.17) is 9.47 Å². The lowest BCUT2D eigenvalue weighted by molar-refractivity contribution is 0.0955. The van der Waals surface area contributed by atoms with Crippen molar-refractivity contribution in [2.24, 2.45) is 0 Å². The topological polar surface area (TPSA) is 51.3 Å². The van der Waals surface area contributed by atoms with Crippen molar-refractivity contribution in [3.63, 3.8) is 0 Å². The molecule has 5 rings (SSSR count). The molecule has 0 bridgehead atoms. The average molecular weight is 351 g/mol. The van der Waals surface area contributed by atoms with E-state index in [0.717, 1.165) is 53.6 Å². The number of benzene rings is 2. The number of aromatic nitrogens is 1. The van der Waals surface area contributed by atoms with Crippen molar-refractivity contribution in [2.75, 3.05) is 6.79 Å². The molecule has 3 aromatic rings. The van der Waals surface area contributed by atoms with Gasteiger partial charge in [-0.15, -0.1) is 0 Å². The lowest BCUT2D eigenvalue weighted by atomic mass is 9.86. The van der Waals surface area contributed by atoms with Crippen LogP contribution in [-0.4, -0.2) is 17.6 Å². The number of hydrogen-bond donors (Lipinski definition) is 1. The first kappa shape index (κ1) is 15.4. The minimum absolute atomic E-state index is 0.0220. The summed E-state index contributed by atoms with van der Waals surface area (Å²) in [5.41, 5.74) is 3.51. The van der Waals surface area contributed by atoms with E-state index >= 15 is 0 Å². The lowest BCUT2D eigenvalue weighted by Crippen LogP contribution is -2.13. The molecule has 1 aromatic heterocycles. The molecule has 0 amide bonds. The van der Waals surface area contributed by atoms with E-state index in [2.05, 4.69) is 4.98 Å². The van der Waals surface area contributed by atoms with Gasteiger partial charge in [-0.05, 0) is 43.0 Å². The molecule has 2 aromatic carbocycles. The number of aryl methyl sites for hydroxylation is 1. The van der Waals surface area contributed by atoms with Gasteiger partial charge < -0.3 is 14.5 Å². The van der Waals surface area contributed by atoms with Gasteiger partial charge in [-0.25, -0.2) is 4.39 Å². The second kappa shape index (κ2) is 5.87. The highest BCUT2D eigenvalue weighted by atomic mass is 19.1. The van der Waals surface area contributed by atoms with Gasteiger partial charge in [0.2, 0.25) is 6.79 Å². The molecule has 5 heteroatoms. The average Bonchev–Trinajstić information content (AvgIpc) is 3.17. The number of rotatable bonds is 2. The molecule has 1 atom stereocenters. The molecule has 1 aliphatic heterocycles. The van der Waals surface area contributed by atoms with E-state index in [0.29, 0.717) is 11.3 Å². The molecule has 1 N–H and O–H groups in total. The fraction of sp³-hybridized carbons (Fsp3) is 0.286. The van der Waals surface area contributed by atoms with Crippen LogP contribution in [0.4, 0.5) is 4.39 Å². The molecule has 2 heterocycles. The third-order valence-corrected chi connectivity index (χ3v) is 5.36. The predicted molar refractivity (Wildman–Crippen MR) is 95.4 cm³/mol. The van der Waals surface area contributed by atoms with Crippen LogP contribution >= 0.6 is 0 Å². The van der Waals surface area contributed by atoms with E-state index in [1.54, 1.807) is 12.1 Å². The Morgan fingerprint density at radius 2 is 1.96 bits per heavy atom. The molecular weight excluding hydrogens is 333 g/mol. The van der Waals surface area contributed by atoms with Gasteiger partial charge in [-0.2, -0.15) is 0 Å². The summed E-state index contributed by atoms with van der Waals surface area (Å²) in [4.78, 5) is 16.7. The number of aromatic amines is 1. The maximum absolute atomic E-state index is 13.6. The van der Waals surface area contributed by atoms with E-state index in [9.17, 15) is 9.18 Å². The Morgan fingerprint density at radius 1 is 1.12 bits per heavy atom. The van der Waals surface area contributed by atoms with Crippen molar-refractivity contribution in [2.45, 2.75) is 31.6 Å². The number of hydrogen-bond acceptors (Lipinski definition) is 3. The fourth-order valence-corrected chi connectivity index (χ4v) is 4.16. The highest BCUT2D eigenvalue weighted by molar-refractivity contribution is 6.04. The van der Waals surface area contributed by atoms with Crippen LogP contribution in [0.3, 0.4) is 0 Å². The first-order valence-corrected chi connectivity index (χ1v) is 8.94. The second-order valence-corrected chi connectivity index (χ2v) is 6.94. The Kier molecular flexibility index (Phi) is 3.48. The fourth-order valence-electron chi connectivity index (χ4n) is 4.16. The number of Topliss-reactive ketones (excluding diaryl/α,β-unsaturated/α-hetero) is 1. The summed E-state index contributed by atoms with van der Waals surface area (Å²) in [6.07, 6.45) is 3.67. The van der Waals surface area contributed by atoms with Crippen molar-refractivity contribution in [1.82, 2.24) is 4.98 Å². The van der Waals surface area contributed by atoms with Gasteiger partial charge in [-0.1, -0.05) is 18.6 Å². The Hall–Kier alpha value is -2.82. The number of carbonyl (C=O) groups is 1. The first-order chi connectivity index (χ1) is 12.7. The van der Waals surface area contributed by atoms with Crippen LogP contribution in [0, 0.1) is 5.82 Å². The van der Waals surface area contributed by atoms with Gasteiger partial charge >= 0.3 is 0 Å². The molecule has 0 spiro atoms. The standard InChI is InChI=1S/C21H18FNO3/c22-13-5-3-4-12(8-13)21(24)14-6-1-2-7-16-20(14)15-9-18-19(26-11-25-18)10-17(15)23-16/h3-5,8-10,14,23H,1-2,6-7,11H2. The molecule has 0 fully saturated rings. The molecule has 1 unspecified atom stereocenters. The Balaban J connectivity index is 1.66. The summed E-state index contributed by atoms with van der Waals surface area (Å²) in [5.74, 6) is 0.754. The number of fused-ring (bicyclic) bond motifs is 4. The third-order valence-electron chi connectivity index (χ3n) is 5.36. The van der Waals surface area contributed by atoms with Crippen LogP contribution in [0.2, 0.25) is 0 Å². The number of H-pyrrole nitrogens is 1. The van der Waals surface area contributed by atoms with Crippen LogP contribution in [0.1, 0.15) is 46.8 Å². The summed E-state index contributed by atoms with van der Waals surface area (Å²) in [6.45, 7) is 0.218. The second-order valence-electron chi connectivity index (χ2n) is 6.94. The summed E-state index contributed by atoms with van der Waals surface area (Å²) in [6, 6.07) is 9.88. The van der Waals surface area contributed by atoms with Crippen molar-refractivity contribution >= 4 is 16.7 Å². The lowest BCUT2D eigenvalue weighted by Gasteiger charge is -2.15.